The summed E-state index contributed by atoms with van der Waals surface area (Å²) in [4.78, 5) is 11.2. The van der Waals surface area contributed by atoms with Crippen LogP contribution in [0.25, 0.3) is 0 Å². The molecular formula is C12H24N2O2. The minimum atomic E-state index is -0.643. The van der Waals surface area contributed by atoms with Gasteiger partial charge in [-0.15, -0.1) is 0 Å². The molecule has 0 heterocycles. The molecule has 1 aliphatic rings. The summed E-state index contributed by atoms with van der Waals surface area (Å²) in [5.41, 5.74) is 4.69. The van der Waals surface area contributed by atoms with Crippen molar-refractivity contribution in [2.45, 2.75) is 44.6 Å². The summed E-state index contributed by atoms with van der Waals surface area (Å²) >= 11 is 0. The van der Waals surface area contributed by atoms with E-state index < -0.39 is 5.54 Å². The van der Waals surface area contributed by atoms with Gasteiger partial charge in [0.05, 0.1) is 5.54 Å². The Morgan fingerprint density at radius 3 is 2.62 bits per heavy atom. The van der Waals surface area contributed by atoms with E-state index in [4.69, 9.17) is 10.5 Å². The maximum absolute atomic E-state index is 11.2. The number of carbonyl (C=O) groups is 1. The molecule has 4 nitrogen and oxygen atoms in total. The first-order valence-electron chi connectivity index (χ1n) is 6.15. The highest BCUT2D eigenvalue weighted by atomic mass is 16.5. The Bertz CT molecular complexity index is 227. The normalized spacial score (nSPS) is 20.9. The second kappa shape index (κ2) is 6.21. The van der Waals surface area contributed by atoms with Crippen LogP contribution in [0.3, 0.4) is 0 Å². The highest BCUT2D eigenvalue weighted by Crippen LogP contribution is 2.24. The van der Waals surface area contributed by atoms with Gasteiger partial charge in [0.25, 0.3) is 0 Å². The average molecular weight is 228 g/mol. The number of hydrogen-bond acceptors (Lipinski definition) is 3. The monoisotopic (exact) mass is 228 g/mol. The first-order valence-corrected chi connectivity index (χ1v) is 6.15. The average Bonchev–Trinajstić information content (AvgIpc) is 2.76. The van der Waals surface area contributed by atoms with E-state index in [1.54, 1.807) is 7.05 Å². The highest BCUT2D eigenvalue weighted by molar-refractivity contribution is 5.84. The van der Waals surface area contributed by atoms with Crippen molar-refractivity contribution >= 4 is 5.91 Å². The zero-order chi connectivity index (χ0) is 12.0. The van der Waals surface area contributed by atoms with Gasteiger partial charge in [0.1, 0.15) is 0 Å². The Morgan fingerprint density at radius 2 is 2.12 bits per heavy atom. The molecule has 16 heavy (non-hydrogen) atoms. The SMILES string of the molecule is CNC(C)(CCOCC1CCCC1)C(N)=O. The van der Waals surface area contributed by atoms with E-state index in [1.807, 2.05) is 6.92 Å². The Balaban J connectivity index is 2.15. The summed E-state index contributed by atoms with van der Waals surface area (Å²) in [5.74, 6) is 0.411. The van der Waals surface area contributed by atoms with E-state index in [-0.39, 0.29) is 5.91 Å². The molecule has 1 aliphatic carbocycles. The number of amides is 1. The third-order valence-electron chi connectivity index (χ3n) is 3.67. The molecule has 1 unspecified atom stereocenters. The molecule has 3 N–H and O–H groups in total. The van der Waals surface area contributed by atoms with Crippen LogP contribution in [-0.4, -0.2) is 31.7 Å². The van der Waals surface area contributed by atoms with Crippen molar-refractivity contribution in [1.82, 2.24) is 5.32 Å². The first-order chi connectivity index (χ1) is 7.58. The zero-order valence-electron chi connectivity index (χ0n) is 10.4. The van der Waals surface area contributed by atoms with E-state index >= 15 is 0 Å². The largest absolute Gasteiger partial charge is 0.381 e. The van der Waals surface area contributed by atoms with Gasteiger partial charge < -0.3 is 15.8 Å². The van der Waals surface area contributed by atoms with E-state index in [0.717, 1.165) is 12.5 Å². The fraction of sp³-hybridized carbons (Fsp3) is 0.917. The lowest BCUT2D eigenvalue weighted by Gasteiger charge is -2.25. The number of nitrogens with two attached hydrogens (primary N) is 1. The molecule has 0 aliphatic heterocycles. The second-order valence-electron chi connectivity index (χ2n) is 4.92. The van der Waals surface area contributed by atoms with E-state index in [0.29, 0.717) is 13.0 Å². The van der Waals surface area contributed by atoms with E-state index in [9.17, 15) is 4.79 Å². The molecule has 0 aromatic carbocycles. The molecule has 0 radical (unpaired) electrons. The van der Waals surface area contributed by atoms with Gasteiger partial charge in [-0.25, -0.2) is 0 Å². The fourth-order valence-electron chi connectivity index (χ4n) is 2.07. The molecule has 94 valence electrons. The molecule has 0 saturated heterocycles. The lowest BCUT2D eigenvalue weighted by molar-refractivity contribution is -0.124. The fourth-order valence-corrected chi connectivity index (χ4v) is 2.07. The summed E-state index contributed by atoms with van der Waals surface area (Å²) in [6, 6.07) is 0. The number of ether oxygens (including phenoxy) is 1. The van der Waals surface area contributed by atoms with Gasteiger partial charge in [0.2, 0.25) is 5.91 Å². The van der Waals surface area contributed by atoms with Crippen molar-refractivity contribution in [3.8, 4) is 0 Å². The van der Waals surface area contributed by atoms with Crippen LogP contribution in [0.5, 0.6) is 0 Å². The first kappa shape index (κ1) is 13.5. The zero-order valence-corrected chi connectivity index (χ0v) is 10.4. The van der Waals surface area contributed by atoms with Gasteiger partial charge in [-0.3, -0.25) is 4.79 Å². The van der Waals surface area contributed by atoms with Crippen molar-refractivity contribution in [3.05, 3.63) is 0 Å². The topological polar surface area (TPSA) is 64.3 Å². The number of likely N-dealkylation sites (N-methyl/N-ethyl adjacent to an activating group) is 1. The van der Waals surface area contributed by atoms with Crippen LogP contribution in [0.1, 0.15) is 39.0 Å². The van der Waals surface area contributed by atoms with Gasteiger partial charge in [0, 0.05) is 13.2 Å². The van der Waals surface area contributed by atoms with E-state index in [1.165, 1.54) is 25.7 Å². The van der Waals surface area contributed by atoms with Crippen LogP contribution >= 0.6 is 0 Å². The molecule has 1 atom stereocenters. The van der Waals surface area contributed by atoms with Crippen LogP contribution in [0.2, 0.25) is 0 Å². The minimum Gasteiger partial charge on any atom is -0.381 e. The molecule has 0 bridgehead atoms. The highest BCUT2D eigenvalue weighted by Gasteiger charge is 2.28. The van der Waals surface area contributed by atoms with Crippen molar-refractivity contribution in [2.24, 2.45) is 11.7 Å². The summed E-state index contributed by atoms with van der Waals surface area (Å²) in [6.45, 7) is 3.24. The number of nitrogens with one attached hydrogen (secondary N) is 1. The van der Waals surface area contributed by atoms with Crippen LogP contribution < -0.4 is 11.1 Å². The maximum atomic E-state index is 11.2. The second-order valence-corrected chi connectivity index (χ2v) is 4.92. The Kier molecular flexibility index (Phi) is 5.22. The molecule has 1 saturated carbocycles. The predicted molar refractivity (Wildman–Crippen MR) is 64.1 cm³/mol. The van der Waals surface area contributed by atoms with E-state index in [2.05, 4.69) is 5.32 Å². The summed E-state index contributed by atoms with van der Waals surface area (Å²) < 4.78 is 5.62. The number of hydrogen-bond donors (Lipinski definition) is 2. The maximum Gasteiger partial charge on any atom is 0.237 e. The molecule has 0 aromatic rings. The Morgan fingerprint density at radius 1 is 1.50 bits per heavy atom. The third-order valence-corrected chi connectivity index (χ3v) is 3.67. The lowest BCUT2D eigenvalue weighted by Crippen LogP contribution is -2.52. The van der Waals surface area contributed by atoms with Crippen molar-refractivity contribution in [2.75, 3.05) is 20.3 Å². The van der Waals surface area contributed by atoms with Crippen LogP contribution in [0.15, 0.2) is 0 Å². The number of carbonyl (C=O) groups excluding carboxylic acids is 1. The van der Waals surface area contributed by atoms with Gasteiger partial charge in [0.15, 0.2) is 0 Å². The Hall–Kier alpha value is -0.610. The van der Waals surface area contributed by atoms with Gasteiger partial charge in [-0.05, 0) is 39.2 Å². The summed E-state index contributed by atoms with van der Waals surface area (Å²) in [5, 5.41) is 2.95. The predicted octanol–water partition coefficient (Wildman–Crippen LogP) is 1.05. The van der Waals surface area contributed by atoms with Crippen LogP contribution in [0, 0.1) is 5.92 Å². The summed E-state index contributed by atoms with van der Waals surface area (Å²) in [6.07, 6.45) is 5.89. The third kappa shape index (κ3) is 3.76. The Labute approximate surface area is 97.9 Å². The number of primary amides is 1. The van der Waals surface area contributed by atoms with Gasteiger partial charge in [-0.2, -0.15) is 0 Å². The molecule has 0 aromatic heterocycles. The summed E-state index contributed by atoms with van der Waals surface area (Å²) in [7, 11) is 1.75. The van der Waals surface area contributed by atoms with Crippen molar-refractivity contribution in [3.63, 3.8) is 0 Å². The smallest absolute Gasteiger partial charge is 0.237 e. The molecule has 0 spiro atoms. The van der Waals surface area contributed by atoms with Crippen molar-refractivity contribution in [1.29, 1.82) is 0 Å². The van der Waals surface area contributed by atoms with Crippen LogP contribution in [0.4, 0.5) is 0 Å². The lowest BCUT2D eigenvalue weighted by atomic mass is 9.98. The number of rotatable bonds is 7. The van der Waals surface area contributed by atoms with Crippen molar-refractivity contribution < 1.29 is 9.53 Å². The minimum absolute atomic E-state index is 0.320. The molecule has 1 rings (SSSR count). The van der Waals surface area contributed by atoms with Gasteiger partial charge in [-0.1, -0.05) is 12.8 Å². The molecule has 1 fully saturated rings. The van der Waals surface area contributed by atoms with Crippen LogP contribution in [-0.2, 0) is 9.53 Å². The quantitative estimate of drug-likeness (QED) is 0.640. The molecule has 4 heteroatoms. The molecular weight excluding hydrogens is 204 g/mol. The standard InChI is InChI=1S/C12H24N2O2/c1-12(14-2,11(13)15)7-8-16-9-10-5-3-4-6-10/h10,14H,3-9H2,1-2H3,(H2,13,15). The van der Waals surface area contributed by atoms with Gasteiger partial charge >= 0.3 is 0 Å². The molecule has 1 amide bonds.